The number of aromatic carboxylic acids is 1. The number of nitrogens with zero attached hydrogens (tertiary/aromatic N) is 3. The zero-order valence-corrected chi connectivity index (χ0v) is 16.5. The molecule has 0 aliphatic rings. The number of pyridine rings is 1. The van der Waals surface area contributed by atoms with Gasteiger partial charge in [0.2, 0.25) is 5.91 Å². The summed E-state index contributed by atoms with van der Waals surface area (Å²) in [5.41, 5.74) is 2.77. The van der Waals surface area contributed by atoms with Crippen molar-refractivity contribution in [2.45, 2.75) is 5.16 Å². The molecule has 0 atom stereocenters. The maximum Gasteiger partial charge on any atom is 0.336 e. The molecule has 0 radical (unpaired) electrons. The van der Waals surface area contributed by atoms with Crippen molar-refractivity contribution in [3.05, 3.63) is 78.6 Å². The van der Waals surface area contributed by atoms with Crippen LogP contribution in [-0.4, -0.2) is 37.7 Å². The number of carbonyl (C=O) groups is 2. The lowest BCUT2D eigenvalue weighted by Gasteiger charge is -2.09. The Balaban J connectivity index is 1.49. The van der Waals surface area contributed by atoms with Crippen molar-refractivity contribution in [3.8, 4) is 11.3 Å². The van der Waals surface area contributed by atoms with Crippen molar-refractivity contribution in [1.82, 2.24) is 15.0 Å². The van der Waals surface area contributed by atoms with Crippen LogP contribution in [0.15, 0.2) is 78.2 Å². The van der Waals surface area contributed by atoms with Crippen LogP contribution in [-0.2, 0) is 4.79 Å². The van der Waals surface area contributed by atoms with Crippen LogP contribution in [0.2, 0.25) is 0 Å². The van der Waals surface area contributed by atoms with Crippen molar-refractivity contribution < 1.29 is 14.7 Å². The Kier molecular flexibility index (Phi) is 5.67. The molecule has 30 heavy (non-hydrogen) atoms. The van der Waals surface area contributed by atoms with E-state index in [2.05, 4.69) is 20.3 Å². The van der Waals surface area contributed by atoms with E-state index in [0.29, 0.717) is 27.4 Å². The summed E-state index contributed by atoms with van der Waals surface area (Å²) in [6, 6.07) is 17.5. The summed E-state index contributed by atoms with van der Waals surface area (Å²) in [5, 5.41) is 13.5. The van der Waals surface area contributed by atoms with E-state index in [1.807, 2.05) is 6.07 Å². The van der Waals surface area contributed by atoms with Crippen LogP contribution in [0.5, 0.6) is 0 Å². The minimum atomic E-state index is -1.00. The first-order valence-electron chi connectivity index (χ1n) is 9.03. The highest BCUT2D eigenvalue weighted by molar-refractivity contribution is 7.99. The molecule has 0 saturated heterocycles. The average Bonchev–Trinajstić information content (AvgIpc) is 2.78. The van der Waals surface area contributed by atoms with Gasteiger partial charge in [-0.1, -0.05) is 42.1 Å². The molecule has 0 aliphatic carbocycles. The number of thioether (sulfide) groups is 1. The summed E-state index contributed by atoms with van der Waals surface area (Å²) in [4.78, 5) is 36.5. The van der Waals surface area contributed by atoms with Crippen LogP contribution < -0.4 is 5.32 Å². The van der Waals surface area contributed by atoms with E-state index in [1.54, 1.807) is 67.0 Å². The van der Waals surface area contributed by atoms with E-state index in [1.165, 1.54) is 11.8 Å². The molecule has 0 fully saturated rings. The number of anilines is 1. The van der Waals surface area contributed by atoms with E-state index in [4.69, 9.17) is 0 Å². The van der Waals surface area contributed by atoms with Crippen molar-refractivity contribution in [2.75, 3.05) is 11.1 Å². The monoisotopic (exact) mass is 416 g/mol. The largest absolute Gasteiger partial charge is 0.478 e. The lowest BCUT2D eigenvalue weighted by Crippen LogP contribution is -2.14. The number of carboxylic acids is 1. The Labute approximate surface area is 176 Å². The van der Waals surface area contributed by atoms with Gasteiger partial charge in [0.25, 0.3) is 0 Å². The van der Waals surface area contributed by atoms with Gasteiger partial charge in [-0.2, -0.15) is 0 Å². The predicted molar refractivity (Wildman–Crippen MR) is 116 cm³/mol. The van der Waals surface area contributed by atoms with Crippen LogP contribution in [0.3, 0.4) is 0 Å². The first-order valence-corrected chi connectivity index (χ1v) is 10.0. The first kappa shape index (κ1) is 19.5. The molecule has 8 heteroatoms. The van der Waals surface area contributed by atoms with Gasteiger partial charge in [-0.3, -0.25) is 4.79 Å². The van der Waals surface area contributed by atoms with Gasteiger partial charge in [0.05, 0.1) is 22.5 Å². The zero-order valence-electron chi connectivity index (χ0n) is 15.6. The molecule has 2 heterocycles. The van der Waals surface area contributed by atoms with Crippen LogP contribution in [0.4, 0.5) is 5.69 Å². The normalized spacial score (nSPS) is 10.7. The summed E-state index contributed by atoms with van der Waals surface area (Å²) in [5.74, 6) is -0.976. The van der Waals surface area contributed by atoms with Gasteiger partial charge in [0.15, 0.2) is 5.16 Å². The lowest BCUT2D eigenvalue weighted by atomic mass is 10.0. The van der Waals surface area contributed by atoms with E-state index < -0.39 is 5.97 Å². The molecule has 2 N–H and O–H groups in total. The number of benzene rings is 2. The van der Waals surface area contributed by atoms with Gasteiger partial charge in [-0.25, -0.2) is 19.7 Å². The molecule has 0 bridgehead atoms. The number of aromatic nitrogens is 3. The Morgan fingerprint density at radius 1 is 0.967 bits per heavy atom. The fourth-order valence-electron chi connectivity index (χ4n) is 2.91. The molecule has 4 rings (SSSR count). The fourth-order valence-corrected chi connectivity index (χ4v) is 3.51. The quantitative estimate of drug-likeness (QED) is 0.360. The molecular weight excluding hydrogens is 400 g/mol. The van der Waals surface area contributed by atoms with Crippen LogP contribution in [0.25, 0.3) is 22.2 Å². The SMILES string of the molecule is O=C(CSc1ncccn1)Nc1ccc(-c2cc(C(=O)O)c3ccccc3n2)cc1. The van der Waals surface area contributed by atoms with Crippen LogP contribution >= 0.6 is 11.8 Å². The standard InChI is InChI=1S/C22H16N4O3S/c27-20(13-30-22-23-10-3-11-24-22)25-15-8-6-14(7-9-15)19-12-17(21(28)29)16-4-1-2-5-18(16)26-19/h1-12H,13H2,(H,25,27)(H,28,29). The number of amides is 1. The topological polar surface area (TPSA) is 105 Å². The third-order valence-corrected chi connectivity index (χ3v) is 5.16. The lowest BCUT2D eigenvalue weighted by molar-refractivity contribution is -0.113. The number of hydrogen-bond acceptors (Lipinski definition) is 6. The second kappa shape index (κ2) is 8.71. The fraction of sp³-hybridized carbons (Fsp3) is 0.0455. The summed E-state index contributed by atoms with van der Waals surface area (Å²) in [6.45, 7) is 0. The van der Waals surface area contributed by atoms with Crippen LogP contribution in [0, 0.1) is 0 Å². The number of rotatable bonds is 6. The van der Waals surface area contributed by atoms with Crippen molar-refractivity contribution in [3.63, 3.8) is 0 Å². The van der Waals surface area contributed by atoms with Gasteiger partial charge in [0.1, 0.15) is 0 Å². The Morgan fingerprint density at radius 3 is 2.43 bits per heavy atom. The molecule has 2 aromatic carbocycles. The number of nitrogens with one attached hydrogen (secondary N) is 1. The molecular formula is C22H16N4O3S. The van der Waals surface area contributed by atoms with E-state index in [0.717, 1.165) is 5.56 Å². The molecule has 1 amide bonds. The second-order valence-electron chi connectivity index (χ2n) is 6.32. The average molecular weight is 416 g/mol. The molecule has 0 spiro atoms. The van der Waals surface area contributed by atoms with Crippen molar-refractivity contribution in [1.29, 1.82) is 0 Å². The summed E-state index contributed by atoms with van der Waals surface area (Å²) >= 11 is 1.25. The minimum Gasteiger partial charge on any atom is -0.478 e. The summed E-state index contributed by atoms with van der Waals surface area (Å²) < 4.78 is 0. The first-order chi connectivity index (χ1) is 14.6. The summed E-state index contributed by atoms with van der Waals surface area (Å²) in [6.07, 6.45) is 3.26. The van der Waals surface area contributed by atoms with E-state index in [9.17, 15) is 14.7 Å². The maximum atomic E-state index is 12.1. The van der Waals surface area contributed by atoms with Gasteiger partial charge in [-0.05, 0) is 30.3 Å². The Bertz CT molecular complexity index is 1210. The molecule has 7 nitrogen and oxygen atoms in total. The highest BCUT2D eigenvalue weighted by Crippen LogP contribution is 2.26. The van der Waals surface area contributed by atoms with Crippen molar-refractivity contribution in [2.24, 2.45) is 0 Å². The summed E-state index contributed by atoms with van der Waals surface area (Å²) in [7, 11) is 0. The molecule has 148 valence electrons. The Morgan fingerprint density at radius 2 is 1.70 bits per heavy atom. The van der Waals surface area contributed by atoms with Crippen LogP contribution in [0.1, 0.15) is 10.4 Å². The highest BCUT2D eigenvalue weighted by Gasteiger charge is 2.13. The highest BCUT2D eigenvalue weighted by atomic mass is 32.2. The van der Waals surface area contributed by atoms with E-state index in [-0.39, 0.29) is 17.2 Å². The number of para-hydroxylation sites is 1. The third kappa shape index (κ3) is 4.44. The molecule has 2 aromatic heterocycles. The van der Waals surface area contributed by atoms with Crippen molar-refractivity contribution >= 4 is 40.2 Å². The van der Waals surface area contributed by atoms with Gasteiger partial charge >= 0.3 is 5.97 Å². The smallest absolute Gasteiger partial charge is 0.336 e. The number of carbonyl (C=O) groups excluding carboxylic acids is 1. The minimum absolute atomic E-state index is 0.169. The molecule has 0 saturated carbocycles. The van der Waals surface area contributed by atoms with Gasteiger partial charge in [0, 0.05) is 29.0 Å². The van der Waals surface area contributed by atoms with Gasteiger partial charge in [-0.15, -0.1) is 0 Å². The number of hydrogen-bond donors (Lipinski definition) is 2. The maximum absolute atomic E-state index is 12.1. The zero-order chi connectivity index (χ0) is 20.9. The molecule has 0 aliphatic heterocycles. The molecule has 0 unspecified atom stereocenters. The number of fused-ring (bicyclic) bond motifs is 1. The Hall–Kier alpha value is -3.78. The predicted octanol–water partition coefficient (Wildman–Crippen LogP) is 4.12. The second-order valence-corrected chi connectivity index (χ2v) is 7.27. The van der Waals surface area contributed by atoms with E-state index >= 15 is 0 Å². The third-order valence-electron chi connectivity index (χ3n) is 4.29. The molecule has 4 aromatic rings. The number of carboxylic acid groups (broad SMARTS) is 1. The van der Waals surface area contributed by atoms with Gasteiger partial charge < -0.3 is 10.4 Å².